The monoisotopic (exact) mass is 615 g/mol. The molecule has 7 heteroatoms. The van der Waals surface area contributed by atoms with Gasteiger partial charge in [0.2, 0.25) is 0 Å². The molecule has 0 radical (unpaired) electrons. The summed E-state index contributed by atoms with van der Waals surface area (Å²) in [4.78, 5) is 0. The van der Waals surface area contributed by atoms with Gasteiger partial charge in [-0.1, -0.05) is 15.9 Å². The number of aryl methyl sites for hydroxylation is 1. The largest absolute Gasteiger partial charge is 1.00 e. The van der Waals surface area contributed by atoms with E-state index in [9.17, 15) is 0 Å². The second-order valence-electron chi connectivity index (χ2n) is 6.94. The lowest BCUT2D eigenvalue weighted by Gasteiger charge is -2.28. The van der Waals surface area contributed by atoms with Crippen LogP contribution >= 0.6 is 47.8 Å². The van der Waals surface area contributed by atoms with Gasteiger partial charge >= 0.3 is 0 Å². The average molecular weight is 619 g/mol. The van der Waals surface area contributed by atoms with Crippen LogP contribution in [0.3, 0.4) is 0 Å². The lowest BCUT2D eigenvalue weighted by atomic mass is 10.2. The lowest BCUT2D eigenvalue weighted by Crippen LogP contribution is -3.00. The third-order valence-electron chi connectivity index (χ3n) is 4.00. The van der Waals surface area contributed by atoms with Gasteiger partial charge in [-0.3, -0.25) is 0 Å². The molecule has 0 aliphatic carbocycles. The van der Waals surface area contributed by atoms with Gasteiger partial charge in [0.25, 0.3) is 0 Å². The Morgan fingerprint density at radius 3 is 2.23 bits per heavy atom. The highest BCUT2D eigenvalue weighted by Gasteiger charge is 2.17. The molecule has 2 aromatic rings. The van der Waals surface area contributed by atoms with Crippen LogP contribution in [0.15, 0.2) is 42.1 Å². The van der Waals surface area contributed by atoms with Crippen molar-refractivity contribution in [1.29, 1.82) is 0 Å². The first-order valence-electron chi connectivity index (χ1n) is 8.41. The molecule has 3 nitrogen and oxygen atoms in total. The topological polar surface area (TPSA) is 22.4 Å². The van der Waals surface area contributed by atoms with Crippen LogP contribution in [0.2, 0.25) is 0 Å². The molecule has 0 aliphatic rings. The zero-order chi connectivity index (χ0) is 18.4. The minimum atomic E-state index is 0. The van der Waals surface area contributed by atoms with Crippen molar-refractivity contribution < 1.29 is 30.6 Å². The highest BCUT2D eigenvalue weighted by molar-refractivity contribution is 9.11. The summed E-state index contributed by atoms with van der Waals surface area (Å²) in [5, 5.41) is 0. The fraction of sp³-hybridized carbons (Fsp3) is 0.474. The number of rotatable bonds is 9. The van der Waals surface area contributed by atoms with Crippen molar-refractivity contribution in [3.63, 3.8) is 0 Å². The molecular formula is C19H25Br4NO2. The number of unbranched alkanes of at least 4 members (excludes halogenated alkanes) is 2. The fourth-order valence-corrected chi connectivity index (χ4v) is 5.22. The van der Waals surface area contributed by atoms with Crippen molar-refractivity contribution in [3.8, 4) is 5.75 Å². The van der Waals surface area contributed by atoms with Crippen LogP contribution < -0.4 is 21.7 Å². The second-order valence-corrected chi connectivity index (χ2v) is 9.56. The van der Waals surface area contributed by atoms with Gasteiger partial charge in [0.1, 0.15) is 18.1 Å². The molecule has 0 fully saturated rings. The predicted molar refractivity (Wildman–Crippen MR) is 113 cm³/mol. The van der Waals surface area contributed by atoms with Crippen LogP contribution in [0.25, 0.3) is 0 Å². The third-order valence-corrected chi connectivity index (χ3v) is 5.63. The van der Waals surface area contributed by atoms with E-state index < -0.39 is 0 Å². The summed E-state index contributed by atoms with van der Waals surface area (Å²) >= 11 is 10.6. The molecular weight excluding hydrogens is 594 g/mol. The molecule has 0 N–H and O–H groups in total. The lowest BCUT2D eigenvalue weighted by molar-refractivity contribution is -0.904. The first kappa shape index (κ1) is 24.2. The van der Waals surface area contributed by atoms with E-state index in [4.69, 9.17) is 9.15 Å². The van der Waals surface area contributed by atoms with Gasteiger partial charge in [0.05, 0.1) is 36.2 Å². The van der Waals surface area contributed by atoms with Gasteiger partial charge in [-0.05, 0) is 82.3 Å². The molecule has 0 spiro atoms. The molecule has 0 unspecified atom stereocenters. The van der Waals surface area contributed by atoms with Crippen molar-refractivity contribution in [1.82, 2.24) is 0 Å². The molecule has 1 aromatic carbocycles. The molecule has 0 bridgehead atoms. The predicted octanol–water partition coefficient (Wildman–Crippen LogP) is 3.71. The minimum Gasteiger partial charge on any atom is -1.00 e. The van der Waals surface area contributed by atoms with Crippen molar-refractivity contribution in [3.05, 3.63) is 49.2 Å². The van der Waals surface area contributed by atoms with Crippen LogP contribution in [-0.4, -0.2) is 31.7 Å². The Morgan fingerprint density at radius 2 is 1.65 bits per heavy atom. The van der Waals surface area contributed by atoms with E-state index in [2.05, 4.69) is 68.0 Å². The first-order valence-corrected chi connectivity index (χ1v) is 10.8. The fourth-order valence-electron chi connectivity index (χ4n) is 2.73. The van der Waals surface area contributed by atoms with E-state index in [1.807, 2.05) is 25.1 Å². The third kappa shape index (κ3) is 8.05. The number of benzene rings is 1. The maximum absolute atomic E-state index is 5.92. The Kier molecular flexibility index (Phi) is 10.5. The summed E-state index contributed by atoms with van der Waals surface area (Å²) in [6.07, 6.45) is 3.39. The molecule has 0 saturated carbocycles. The molecule has 0 saturated heterocycles. The summed E-state index contributed by atoms with van der Waals surface area (Å²) in [5.41, 5.74) is 0. The smallest absolute Gasteiger partial charge is 0.158 e. The van der Waals surface area contributed by atoms with Gasteiger partial charge in [-0.2, -0.15) is 0 Å². The zero-order valence-corrected chi connectivity index (χ0v) is 21.7. The van der Waals surface area contributed by atoms with Crippen LogP contribution in [-0.2, 0) is 6.54 Å². The van der Waals surface area contributed by atoms with Crippen molar-refractivity contribution >= 4 is 47.8 Å². The zero-order valence-electron chi connectivity index (χ0n) is 15.3. The van der Waals surface area contributed by atoms with Crippen LogP contribution in [0.1, 0.15) is 30.8 Å². The number of nitrogens with zero attached hydrogens (tertiary/aromatic N) is 1. The minimum absolute atomic E-state index is 0. The molecule has 1 heterocycles. The standard InChI is InChI=1S/C19H25Br3NO2.BrH/c1-14-7-8-16(25-14)13-23(2,3)9-5-4-6-10-24-19-17(21)11-15(20)12-18(19)22;/h7-8,11-12H,4-6,9-10,13H2,1-3H3;1H/q+1;/p-1. The van der Waals surface area contributed by atoms with Gasteiger partial charge in [0, 0.05) is 4.47 Å². The highest BCUT2D eigenvalue weighted by Crippen LogP contribution is 2.36. The summed E-state index contributed by atoms with van der Waals surface area (Å²) in [7, 11) is 4.51. The van der Waals surface area contributed by atoms with E-state index in [0.29, 0.717) is 0 Å². The van der Waals surface area contributed by atoms with E-state index >= 15 is 0 Å². The summed E-state index contributed by atoms with van der Waals surface area (Å²) in [5.74, 6) is 2.92. The molecule has 0 amide bonds. The molecule has 0 atom stereocenters. The van der Waals surface area contributed by atoms with Crippen molar-refractivity contribution in [2.75, 3.05) is 27.2 Å². The van der Waals surface area contributed by atoms with Crippen molar-refractivity contribution in [2.24, 2.45) is 0 Å². The van der Waals surface area contributed by atoms with Gasteiger partial charge in [-0.15, -0.1) is 0 Å². The maximum atomic E-state index is 5.92. The Bertz CT molecular complexity index is 678. The number of furan rings is 1. The quantitative estimate of drug-likeness (QED) is 0.316. The number of quaternary nitrogens is 1. The molecule has 1 aromatic heterocycles. The van der Waals surface area contributed by atoms with Crippen molar-refractivity contribution in [2.45, 2.75) is 32.7 Å². The van der Waals surface area contributed by atoms with Gasteiger partial charge < -0.3 is 30.6 Å². The van der Waals surface area contributed by atoms with E-state index in [-0.39, 0.29) is 17.0 Å². The highest BCUT2D eigenvalue weighted by atomic mass is 79.9. The Hall–Kier alpha value is 0.180. The number of halogens is 4. The van der Waals surface area contributed by atoms with Crippen LogP contribution in [0, 0.1) is 6.92 Å². The maximum Gasteiger partial charge on any atom is 0.158 e. The van der Waals surface area contributed by atoms with Crippen LogP contribution in [0.5, 0.6) is 5.75 Å². The number of hydrogen-bond acceptors (Lipinski definition) is 2. The van der Waals surface area contributed by atoms with Crippen LogP contribution in [0.4, 0.5) is 0 Å². The Morgan fingerprint density at radius 1 is 1.00 bits per heavy atom. The number of hydrogen-bond donors (Lipinski definition) is 0. The first-order chi connectivity index (χ1) is 11.8. The number of ether oxygens (including phenoxy) is 1. The van der Waals surface area contributed by atoms with E-state index in [1.54, 1.807) is 0 Å². The Labute approximate surface area is 192 Å². The second kappa shape index (κ2) is 11.2. The Balaban J connectivity index is 0.00000338. The van der Waals surface area contributed by atoms with E-state index in [0.717, 1.165) is 67.7 Å². The molecule has 2 rings (SSSR count). The summed E-state index contributed by atoms with van der Waals surface area (Å²) in [6, 6.07) is 8.11. The molecule has 26 heavy (non-hydrogen) atoms. The van der Waals surface area contributed by atoms with Gasteiger partial charge in [0.15, 0.2) is 5.76 Å². The van der Waals surface area contributed by atoms with E-state index in [1.165, 1.54) is 6.42 Å². The summed E-state index contributed by atoms with van der Waals surface area (Å²) in [6.45, 7) is 4.78. The van der Waals surface area contributed by atoms with Gasteiger partial charge in [-0.25, -0.2) is 0 Å². The molecule has 146 valence electrons. The average Bonchev–Trinajstić information content (AvgIpc) is 2.88. The SMILES string of the molecule is Cc1ccc(C[N+](C)(C)CCCCCOc2c(Br)cc(Br)cc2Br)o1.[Br-]. The normalized spacial score (nSPS) is 11.3. The molecule has 0 aliphatic heterocycles. The summed E-state index contributed by atoms with van der Waals surface area (Å²) < 4.78 is 15.5.